The topological polar surface area (TPSA) is 39.9 Å². The molecule has 1 heterocycles. The van der Waals surface area contributed by atoms with E-state index in [1.165, 1.54) is 0 Å². The van der Waals surface area contributed by atoms with Crippen molar-refractivity contribution in [2.75, 3.05) is 7.11 Å². The molecule has 0 unspecified atom stereocenters. The normalized spacial score (nSPS) is 10.8. The number of nitrogens with zero attached hydrogens (tertiary/aromatic N) is 3. The first kappa shape index (κ1) is 10.3. The Balaban J connectivity index is 2.91. The highest BCUT2D eigenvalue weighted by atomic mass is 35.5. The zero-order chi connectivity index (χ0) is 9.84. The van der Waals surface area contributed by atoms with Crippen LogP contribution < -0.4 is 4.74 Å². The highest BCUT2D eigenvalue weighted by Gasteiger charge is 2.11. The Morgan fingerprint density at radius 2 is 2.15 bits per heavy atom. The maximum Gasteiger partial charge on any atom is 0.316 e. The van der Waals surface area contributed by atoms with Crippen LogP contribution in [0.5, 0.6) is 6.01 Å². The number of methoxy groups -OCH3 is 1. The second-order valence-electron chi connectivity index (χ2n) is 3.24. The molecule has 0 aliphatic rings. The largest absolute Gasteiger partial charge is 0.467 e. The van der Waals surface area contributed by atoms with Crippen molar-refractivity contribution in [2.24, 2.45) is 5.92 Å². The molecule has 0 aliphatic carbocycles. The second-order valence-corrected chi connectivity index (χ2v) is 3.51. The van der Waals surface area contributed by atoms with Crippen molar-refractivity contribution in [3.8, 4) is 6.01 Å². The molecule has 4 nitrogen and oxygen atoms in total. The Hall–Kier alpha value is -0.770. The summed E-state index contributed by atoms with van der Waals surface area (Å²) in [6, 6.07) is 0.532. The number of hydrogen-bond donors (Lipinski definition) is 0. The van der Waals surface area contributed by atoms with Crippen molar-refractivity contribution in [2.45, 2.75) is 26.3 Å². The third kappa shape index (κ3) is 2.34. The van der Waals surface area contributed by atoms with Crippen molar-refractivity contribution in [1.29, 1.82) is 0 Å². The van der Waals surface area contributed by atoms with Crippen molar-refractivity contribution in [3.05, 3.63) is 5.82 Å². The molecule has 13 heavy (non-hydrogen) atoms. The van der Waals surface area contributed by atoms with Crippen LogP contribution >= 0.6 is 11.6 Å². The van der Waals surface area contributed by atoms with Crippen molar-refractivity contribution < 1.29 is 4.74 Å². The molecule has 0 spiro atoms. The summed E-state index contributed by atoms with van der Waals surface area (Å²) in [6.45, 7) is 5.08. The molecular weight excluding hydrogens is 190 g/mol. The fourth-order valence-electron chi connectivity index (χ4n) is 1.12. The van der Waals surface area contributed by atoms with Crippen LogP contribution in [0.25, 0.3) is 0 Å². The number of halogens is 1. The van der Waals surface area contributed by atoms with Gasteiger partial charge in [0.1, 0.15) is 0 Å². The van der Waals surface area contributed by atoms with E-state index in [1.54, 1.807) is 7.11 Å². The van der Waals surface area contributed by atoms with Crippen LogP contribution in [0.3, 0.4) is 0 Å². The molecule has 0 saturated carbocycles. The fourth-order valence-corrected chi connectivity index (χ4v) is 1.32. The number of ether oxygens (including phenoxy) is 1. The van der Waals surface area contributed by atoms with Crippen LogP contribution in [0.2, 0.25) is 0 Å². The maximum absolute atomic E-state index is 5.71. The molecule has 0 radical (unpaired) electrons. The van der Waals surface area contributed by atoms with Gasteiger partial charge in [-0.2, -0.15) is 0 Å². The minimum absolute atomic E-state index is 0.364. The quantitative estimate of drug-likeness (QED) is 0.700. The van der Waals surface area contributed by atoms with Gasteiger partial charge in [0, 0.05) is 6.54 Å². The number of rotatable bonds is 4. The van der Waals surface area contributed by atoms with E-state index in [0.29, 0.717) is 17.8 Å². The highest BCUT2D eigenvalue weighted by Crippen LogP contribution is 2.14. The molecule has 74 valence electrons. The summed E-state index contributed by atoms with van der Waals surface area (Å²) in [7, 11) is 1.58. The van der Waals surface area contributed by atoms with E-state index >= 15 is 0 Å². The summed E-state index contributed by atoms with van der Waals surface area (Å²) in [5.74, 6) is 1.64. The monoisotopic (exact) mass is 203 g/mol. The summed E-state index contributed by atoms with van der Waals surface area (Å²) in [4.78, 5) is 0. The second kappa shape index (κ2) is 4.46. The Morgan fingerprint density at radius 1 is 1.46 bits per heavy atom. The summed E-state index contributed by atoms with van der Waals surface area (Å²) in [6.07, 6.45) is 0. The number of hydrogen-bond acceptors (Lipinski definition) is 3. The van der Waals surface area contributed by atoms with E-state index < -0.39 is 0 Å². The molecule has 0 amide bonds. The minimum atomic E-state index is 0.364. The van der Waals surface area contributed by atoms with E-state index in [-0.39, 0.29) is 0 Å². The van der Waals surface area contributed by atoms with Crippen molar-refractivity contribution >= 4 is 11.6 Å². The molecule has 5 heteroatoms. The Bertz CT molecular complexity index is 251. The standard InChI is InChI=1S/C8H14ClN3O/c1-6(2)5-12-7(4-9)10-11-8(12)13-3/h6H,4-5H2,1-3H3. The molecule has 0 atom stereocenters. The third-order valence-corrected chi connectivity index (χ3v) is 1.88. The van der Waals surface area contributed by atoms with Crippen LogP contribution in [0.1, 0.15) is 19.7 Å². The van der Waals surface area contributed by atoms with Gasteiger partial charge in [0.05, 0.1) is 13.0 Å². The van der Waals surface area contributed by atoms with E-state index in [0.717, 1.165) is 12.4 Å². The van der Waals surface area contributed by atoms with Gasteiger partial charge in [-0.15, -0.1) is 16.7 Å². The third-order valence-electron chi connectivity index (χ3n) is 1.64. The highest BCUT2D eigenvalue weighted by molar-refractivity contribution is 6.16. The van der Waals surface area contributed by atoms with E-state index in [2.05, 4.69) is 24.0 Å². The minimum Gasteiger partial charge on any atom is -0.467 e. The van der Waals surface area contributed by atoms with Crippen molar-refractivity contribution in [3.63, 3.8) is 0 Å². The average molecular weight is 204 g/mol. The van der Waals surface area contributed by atoms with Gasteiger partial charge < -0.3 is 4.74 Å². The van der Waals surface area contributed by atoms with Gasteiger partial charge in [0.15, 0.2) is 5.82 Å². The van der Waals surface area contributed by atoms with Gasteiger partial charge in [-0.05, 0) is 5.92 Å². The van der Waals surface area contributed by atoms with Crippen LogP contribution in [0.15, 0.2) is 0 Å². The Labute approximate surface area is 82.9 Å². The van der Waals surface area contributed by atoms with Gasteiger partial charge in [-0.3, -0.25) is 4.57 Å². The summed E-state index contributed by atoms with van der Waals surface area (Å²) >= 11 is 5.71. The first-order chi connectivity index (χ1) is 6.19. The summed E-state index contributed by atoms with van der Waals surface area (Å²) in [5, 5.41) is 7.78. The molecule has 0 saturated heterocycles. The van der Waals surface area contributed by atoms with Crippen LogP contribution in [-0.4, -0.2) is 21.9 Å². The Kier molecular flexibility index (Phi) is 3.54. The smallest absolute Gasteiger partial charge is 0.316 e. The fraction of sp³-hybridized carbons (Fsp3) is 0.750. The average Bonchev–Trinajstić information content (AvgIpc) is 2.46. The molecule has 1 rings (SSSR count). The summed E-state index contributed by atoms with van der Waals surface area (Å²) in [5.41, 5.74) is 0. The van der Waals surface area contributed by atoms with E-state index in [1.807, 2.05) is 4.57 Å². The lowest BCUT2D eigenvalue weighted by atomic mass is 10.2. The number of aromatic nitrogens is 3. The summed E-state index contributed by atoms with van der Waals surface area (Å²) < 4.78 is 6.96. The zero-order valence-corrected chi connectivity index (χ0v) is 8.88. The van der Waals surface area contributed by atoms with Gasteiger partial charge in [0.2, 0.25) is 0 Å². The Morgan fingerprint density at radius 3 is 2.62 bits per heavy atom. The predicted molar refractivity (Wildman–Crippen MR) is 51.0 cm³/mol. The maximum atomic E-state index is 5.71. The zero-order valence-electron chi connectivity index (χ0n) is 8.12. The predicted octanol–water partition coefficient (Wildman–Crippen LogP) is 1.68. The van der Waals surface area contributed by atoms with Crippen molar-refractivity contribution in [1.82, 2.24) is 14.8 Å². The first-order valence-electron chi connectivity index (χ1n) is 4.21. The lowest BCUT2D eigenvalue weighted by molar-refractivity contribution is 0.342. The van der Waals surface area contributed by atoms with E-state index in [4.69, 9.17) is 16.3 Å². The molecule has 1 aromatic heterocycles. The molecule has 0 aromatic carbocycles. The molecule has 0 N–H and O–H groups in total. The lowest BCUT2D eigenvalue weighted by Crippen LogP contribution is -2.09. The van der Waals surface area contributed by atoms with Crippen LogP contribution in [0, 0.1) is 5.92 Å². The molecule has 0 bridgehead atoms. The van der Waals surface area contributed by atoms with Crippen LogP contribution in [-0.2, 0) is 12.4 Å². The molecule has 0 aliphatic heterocycles. The first-order valence-corrected chi connectivity index (χ1v) is 4.74. The lowest BCUT2D eigenvalue weighted by Gasteiger charge is -2.09. The molecule has 1 aromatic rings. The SMILES string of the molecule is COc1nnc(CCl)n1CC(C)C. The molecular formula is C8H14ClN3O. The van der Waals surface area contributed by atoms with E-state index in [9.17, 15) is 0 Å². The van der Waals surface area contributed by atoms with Gasteiger partial charge in [-0.1, -0.05) is 18.9 Å². The number of alkyl halides is 1. The van der Waals surface area contributed by atoms with Gasteiger partial charge in [0.25, 0.3) is 0 Å². The van der Waals surface area contributed by atoms with Gasteiger partial charge in [-0.25, -0.2) is 0 Å². The van der Waals surface area contributed by atoms with Gasteiger partial charge >= 0.3 is 6.01 Å². The van der Waals surface area contributed by atoms with Crippen LogP contribution in [0.4, 0.5) is 0 Å². The molecule has 0 fully saturated rings.